The second-order valence-electron chi connectivity index (χ2n) is 2.84. The van der Waals surface area contributed by atoms with Crippen molar-refractivity contribution in [2.45, 2.75) is 18.9 Å². The van der Waals surface area contributed by atoms with E-state index in [0.717, 1.165) is 19.4 Å². The van der Waals surface area contributed by atoms with E-state index in [1.54, 1.807) is 0 Å². The summed E-state index contributed by atoms with van der Waals surface area (Å²) in [5.41, 5.74) is 5.41. The summed E-state index contributed by atoms with van der Waals surface area (Å²) in [4.78, 5) is 10.4. The van der Waals surface area contributed by atoms with Crippen molar-refractivity contribution in [1.29, 1.82) is 0 Å². The summed E-state index contributed by atoms with van der Waals surface area (Å²) in [6.07, 6.45) is 1.79. The Morgan fingerprint density at radius 1 is 1.73 bits per heavy atom. The van der Waals surface area contributed by atoms with Crippen molar-refractivity contribution in [1.82, 2.24) is 0 Å². The highest BCUT2D eigenvalue weighted by atomic mass is 16.5. The first-order valence-corrected chi connectivity index (χ1v) is 3.78. The van der Waals surface area contributed by atoms with E-state index in [2.05, 4.69) is 0 Å². The minimum Gasteiger partial charge on any atom is -0.480 e. The fourth-order valence-electron chi connectivity index (χ4n) is 1.25. The molecule has 0 aromatic heterocycles. The average molecular weight is 159 g/mol. The standard InChI is InChI=1S/C7H13NO3/c8-6(7(9)10)5-2-1-3-11-4-5/h5-6H,1-4,8H2,(H,9,10)/t5-,6+/m0/s1. The molecule has 1 aliphatic rings. The van der Waals surface area contributed by atoms with Crippen molar-refractivity contribution < 1.29 is 14.6 Å². The normalized spacial score (nSPS) is 27.9. The lowest BCUT2D eigenvalue weighted by Crippen LogP contribution is -2.41. The molecule has 0 unspecified atom stereocenters. The van der Waals surface area contributed by atoms with Gasteiger partial charge in [-0.1, -0.05) is 0 Å². The quantitative estimate of drug-likeness (QED) is 0.586. The molecule has 64 valence electrons. The molecule has 1 fully saturated rings. The number of aliphatic carboxylic acids is 1. The number of carbonyl (C=O) groups is 1. The van der Waals surface area contributed by atoms with Gasteiger partial charge < -0.3 is 15.6 Å². The van der Waals surface area contributed by atoms with Crippen LogP contribution in [-0.4, -0.2) is 30.3 Å². The van der Waals surface area contributed by atoms with Crippen molar-refractivity contribution in [3.63, 3.8) is 0 Å². The van der Waals surface area contributed by atoms with Crippen molar-refractivity contribution in [2.24, 2.45) is 11.7 Å². The van der Waals surface area contributed by atoms with E-state index in [4.69, 9.17) is 15.6 Å². The van der Waals surface area contributed by atoms with Crippen LogP contribution in [-0.2, 0) is 9.53 Å². The molecule has 0 bridgehead atoms. The Morgan fingerprint density at radius 2 is 2.45 bits per heavy atom. The molecule has 1 heterocycles. The first-order chi connectivity index (χ1) is 5.22. The van der Waals surface area contributed by atoms with Gasteiger partial charge in [-0.2, -0.15) is 0 Å². The Hall–Kier alpha value is -0.610. The molecule has 2 atom stereocenters. The van der Waals surface area contributed by atoms with Crippen LogP contribution in [0.25, 0.3) is 0 Å². The van der Waals surface area contributed by atoms with Crippen LogP contribution in [0, 0.1) is 5.92 Å². The predicted octanol–water partition coefficient (Wildman–Crippen LogP) is -0.175. The molecule has 1 saturated heterocycles. The Kier molecular flexibility index (Phi) is 2.84. The number of hydrogen-bond acceptors (Lipinski definition) is 3. The topological polar surface area (TPSA) is 72.6 Å². The van der Waals surface area contributed by atoms with Crippen molar-refractivity contribution >= 4 is 5.97 Å². The summed E-state index contributed by atoms with van der Waals surface area (Å²) in [6.45, 7) is 1.23. The smallest absolute Gasteiger partial charge is 0.320 e. The van der Waals surface area contributed by atoms with Crippen molar-refractivity contribution in [3.8, 4) is 0 Å². The zero-order valence-corrected chi connectivity index (χ0v) is 6.32. The van der Waals surface area contributed by atoms with Gasteiger partial charge in [0.15, 0.2) is 0 Å². The predicted molar refractivity (Wildman–Crippen MR) is 39.2 cm³/mol. The highest BCUT2D eigenvalue weighted by Gasteiger charge is 2.25. The summed E-state index contributed by atoms with van der Waals surface area (Å²) in [6, 6.07) is -0.754. The maximum Gasteiger partial charge on any atom is 0.320 e. The fraction of sp³-hybridized carbons (Fsp3) is 0.857. The monoisotopic (exact) mass is 159 g/mol. The highest BCUT2D eigenvalue weighted by Crippen LogP contribution is 2.15. The second kappa shape index (κ2) is 3.69. The molecule has 3 N–H and O–H groups in total. The van der Waals surface area contributed by atoms with Gasteiger partial charge in [0.05, 0.1) is 6.61 Å². The van der Waals surface area contributed by atoms with E-state index in [0.29, 0.717) is 6.61 Å². The van der Waals surface area contributed by atoms with Crippen LogP contribution >= 0.6 is 0 Å². The molecule has 4 heteroatoms. The van der Waals surface area contributed by atoms with E-state index in [9.17, 15) is 4.79 Å². The molecule has 0 saturated carbocycles. The van der Waals surface area contributed by atoms with Gasteiger partial charge in [0.25, 0.3) is 0 Å². The third-order valence-electron chi connectivity index (χ3n) is 1.99. The molecule has 0 aliphatic carbocycles. The molecule has 1 rings (SSSR count). The molecular formula is C7H13NO3. The Labute approximate surface area is 65.3 Å². The fourth-order valence-corrected chi connectivity index (χ4v) is 1.25. The van der Waals surface area contributed by atoms with E-state index in [1.807, 2.05) is 0 Å². The van der Waals surface area contributed by atoms with Gasteiger partial charge in [-0.15, -0.1) is 0 Å². The van der Waals surface area contributed by atoms with Crippen LogP contribution in [0.3, 0.4) is 0 Å². The highest BCUT2D eigenvalue weighted by molar-refractivity contribution is 5.73. The van der Waals surface area contributed by atoms with Gasteiger partial charge in [-0.25, -0.2) is 0 Å². The number of carboxylic acid groups (broad SMARTS) is 1. The van der Waals surface area contributed by atoms with E-state index < -0.39 is 12.0 Å². The third-order valence-corrected chi connectivity index (χ3v) is 1.99. The maximum atomic E-state index is 10.4. The molecule has 0 aromatic carbocycles. The van der Waals surface area contributed by atoms with Crippen LogP contribution in [0.1, 0.15) is 12.8 Å². The van der Waals surface area contributed by atoms with Crippen LogP contribution in [0.4, 0.5) is 0 Å². The maximum absolute atomic E-state index is 10.4. The Balaban J connectivity index is 2.38. The minimum absolute atomic E-state index is 0.00116. The third kappa shape index (κ3) is 2.17. The molecule has 11 heavy (non-hydrogen) atoms. The molecule has 0 aromatic rings. The second-order valence-corrected chi connectivity index (χ2v) is 2.84. The summed E-state index contributed by atoms with van der Waals surface area (Å²) in [5.74, 6) is -0.929. The number of carboxylic acids is 1. The average Bonchev–Trinajstić information content (AvgIpc) is 2.05. The zero-order valence-electron chi connectivity index (χ0n) is 6.32. The summed E-state index contributed by atoms with van der Waals surface area (Å²) >= 11 is 0. The van der Waals surface area contributed by atoms with Crippen LogP contribution in [0.2, 0.25) is 0 Å². The van der Waals surface area contributed by atoms with Gasteiger partial charge in [0.1, 0.15) is 6.04 Å². The van der Waals surface area contributed by atoms with Crippen molar-refractivity contribution in [3.05, 3.63) is 0 Å². The first-order valence-electron chi connectivity index (χ1n) is 3.78. The van der Waals surface area contributed by atoms with Crippen LogP contribution in [0.15, 0.2) is 0 Å². The number of ether oxygens (including phenoxy) is 1. The zero-order chi connectivity index (χ0) is 8.27. The van der Waals surface area contributed by atoms with Gasteiger partial charge in [0.2, 0.25) is 0 Å². The van der Waals surface area contributed by atoms with Crippen LogP contribution < -0.4 is 5.73 Å². The van der Waals surface area contributed by atoms with Crippen LogP contribution in [0.5, 0.6) is 0 Å². The number of rotatable bonds is 2. The summed E-state index contributed by atoms with van der Waals surface area (Å²) in [7, 11) is 0. The lowest BCUT2D eigenvalue weighted by atomic mass is 9.95. The molecule has 1 aliphatic heterocycles. The SMILES string of the molecule is N[C@@H](C(=O)O)[C@H]1CCCOC1. The Bertz CT molecular complexity index is 143. The van der Waals surface area contributed by atoms with E-state index >= 15 is 0 Å². The molecule has 0 radical (unpaired) electrons. The van der Waals surface area contributed by atoms with E-state index in [1.165, 1.54) is 0 Å². The first kappa shape index (κ1) is 8.49. The lowest BCUT2D eigenvalue weighted by molar-refractivity contribution is -0.141. The van der Waals surface area contributed by atoms with E-state index in [-0.39, 0.29) is 5.92 Å². The number of nitrogens with two attached hydrogens (primary N) is 1. The molecule has 4 nitrogen and oxygen atoms in total. The largest absolute Gasteiger partial charge is 0.480 e. The lowest BCUT2D eigenvalue weighted by Gasteiger charge is -2.24. The summed E-state index contributed by atoms with van der Waals surface area (Å²) in [5, 5.41) is 8.55. The Morgan fingerprint density at radius 3 is 2.91 bits per heavy atom. The minimum atomic E-state index is -0.930. The van der Waals surface area contributed by atoms with Gasteiger partial charge in [-0.05, 0) is 12.8 Å². The molecular weight excluding hydrogens is 146 g/mol. The molecule has 0 amide bonds. The van der Waals surface area contributed by atoms with Gasteiger partial charge in [0, 0.05) is 12.5 Å². The van der Waals surface area contributed by atoms with Crippen molar-refractivity contribution in [2.75, 3.05) is 13.2 Å². The summed E-state index contributed by atoms with van der Waals surface area (Å²) < 4.78 is 5.11. The molecule has 0 spiro atoms. The van der Waals surface area contributed by atoms with Gasteiger partial charge in [-0.3, -0.25) is 4.79 Å². The number of hydrogen-bond donors (Lipinski definition) is 2. The van der Waals surface area contributed by atoms with Gasteiger partial charge >= 0.3 is 5.97 Å².